The zero-order valence-electron chi connectivity index (χ0n) is 22.1. The Morgan fingerprint density at radius 3 is 2.12 bits per heavy atom. The number of guanidine groups is 1. The molecule has 1 aromatic carbocycles. The van der Waals surface area contributed by atoms with Crippen molar-refractivity contribution in [2.24, 2.45) is 22.2 Å². The molecule has 4 atom stereocenters. The van der Waals surface area contributed by atoms with Gasteiger partial charge in [0.1, 0.15) is 18.1 Å². The second-order valence-corrected chi connectivity index (χ2v) is 9.26. The summed E-state index contributed by atoms with van der Waals surface area (Å²) < 4.78 is 0. The lowest BCUT2D eigenvalue weighted by Gasteiger charge is -2.24. The molecule has 0 aliphatic rings. The fourth-order valence-electron chi connectivity index (χ4n) is 3.88. The van der Waals surface area contributed by atoms with Crippen LogP contribution >= 0.6 is 0 Å². The molecule has 2 rings (SSSR count). The van der Waals surface area contributed by atoms with Crippen molar-refractivity contribution in [1.29, 1.82) is 0 Å². The number of fused-ring (bicyclic) bond motifs is 1. The van der Waals surface area contributed by atoms with Crippen LogP contribution in [0.25, 0.3) is 10.9 Å². The first kappa shape index (κ1) is 31.6. The molecule has 0 aliphatic heterocycles. The second-order valence-electron chi connectivity index (χ2n) is 9.26. The Hall–Kier alpha value is -4.66. The van der Waals surface area contributed by atoms with Crippen molar-refractivity contribution in [2.75, 3.05) is 6.54 Å². The van der Waals surface area contributed by atoms with E-state index in [1.54, 1.807) is 12.3 Å². The molecule has 0 spiro atoms. The summed E-state index contributed by atoms with van der Waals surface area (Å²) in [6, 6.07) is 2.40. The fraction of sp³-hybridized carbons (Fsp3) is 0.440. The summed E-state index contributed by atoms with van der Waals surface area (Å²) >= 11 is 0. The summed E-state index contributed by atoms with van der Waals surface area (Å²) in [7, 11) is 0. The van der Waals surface area contributed by atoms with E-state index in [1.807, 2.05) is 18.2 Å². The molecular weight excluding hydrogens is 524 g/mol. The number of aliphatic carboxylic acids is 2. The van der Waals surface area contributed by atoms with Crippen LogP contribution in [-0.2, 0) is 30.4 Å². The van der Waals surface area contributed by atoms with Gasteiger partial charge in [0, 0.05) is 36.5 Å². The van der Waals surface area contributed by atoms with Crippen LogP contribution in [0.3, 0.4) is 0 Å². The summed E-state index contributed by atoms with van der Waals surface area (Å²) in [5.74, 6) is -4.99. The minimum atomic E-state index is -1.40. The number of hydrogen-bond donors (Lipinski definition) is 9. The third kappa shape index (κ3) is 9.90. The molecule has 0 bridgehead atoms. The number of rotatable bonds is 16. The van der Waals surface area contributed by atoms with E-state index in [1.165, 1.54) is 6.92 Å². The van der Waals surface area contributed by atoms with Gasteiger partial charge in [-0.2, -0.15) is 0 Å². The molecule has 0 saturated carbocycles. The third-order valence-corrected chi connectivity index (χ3v) is 5.99. The smallest absolute Gasteiger partial charge is 0.326 e. The fourth-order valence-corrected chi connectivity index (χ4v) is 3.88. The van der Waals surface area contributed by atoms with Gasteiger partial charge in [-0.05, 0) is 37.8 Å². The Labute approximate surface area is 229 Å². The number of carbonyl (C=O) groups is 5. The lowest BCUT2D eigenvalue weighted by atomic mass is 10.0. The molecule has 40 heavy (non-hydrogen) atoms. The molecule has 0 saturated heterocycles. The van der Waals surface area contributed by atoms with Crippen molar-refractivity contribution in [1.82, 2.24) is 20.9 Å². The number of H-pyrrole nitrogens is 1. The van der Waals surface area contributed by atoms with Gasteiger partial charge in [-0.1, -0.05) is 18.2 Å². The summed E-state index contributed by atoms with van der Waals surface area (Å²) in [6.45, 7) is 1.59. The average Bonchev–Trinajstić information content (AvgIpc) is 3.29. The van der Waals surface area contributed by atoms with Crippen LogP contribution in [0.5, 0.6) is 0 Å². The molecule has 12 N–H and O–H groups in total. The number of aromatic amines is 1. The molecule has 0 radical (unpaired) electrons. The van der Waals surface area contributed by atoms with Gasteiger partial charge in [0.15, 0.2) is 5.96 Å². The van der Waals surface area contributed by atoms with Gasteiger partial charge < -0.3 is 48.3 Å². The highest BCUT2D eigenvalue weighted by Crippen LogP contribution is 2.19. The number of aliphatic imine (C=N–C) groups is 1. The number of para-hydroxylation sites is 1. The van der Waals surface area contributed by atoms with E-state index >= 15 is 0 Å². The van der Waals surface area contributed by atoms with Gasteiger partial charge in [-0.3, -0.25) is 24.2 Å². The predicted molar refractivity (Wildman–Crippen MR) is 146 cm³/mol. The average molecular weight is 561 g/mol. The van der Waals surface area contributed by atoms with E-state index < -0.39 is 60.2 Å². The first-order valence-corrected chi connectivity index (χ1v) is 12.6. The molecule has 15 heteroatoms. The van der Waals surface area contributed by atoms with Gasteiger partial charge in [-0.25, -0.2) is 4.79 Å². The van der Waals surface area contributed by atoms with Crippen molar-refractivity contribution >= 4 is 46.5 Å². The van der Waals surface area contributed by atoms with Crippen molar-refractivity contribution in [3.63, 3.8) is 0 Å². The molecule has 2 aromatic rings. The van der Waals surface area contributed by atoms with Gasteiger partial charge in [0.2, 0.25) is 17.7 Å². The molecular formula is C25H36N8O7. The minimum absolute atomic E-state index is 0.0669. The lowest BCUT2D eigenvalue weighted by molar-refractivity contribution is -0.143. The molecule has 218 valence electrons. The van der Waals surface area contributed by atoms with E-state index in [2.05, 4.69) is 25.9 Å². The van der Waals surface area contributed by atoms with Crippen LogP contribution in [0, 0.1) is 0 Å². The number of carboxylic acid groups (broad SMARTS) is 2. The van der Waals surface area contributed by atoms with Crippen LogP contribution < -0.4 is 33.2 Å². The quantitative estimate of drug-likeness (QED) is 0.0652. The van der Waals surface area contributed by atoms with Crippen molar-refractivity contribution in [2.45, 2.75) is 63.2 Å². The SMILES string of the molecule is CC(N)C(=O)NC(CCCN=C(N)N)C(=O)NC(CCC(=O)O)C(=O)NC(Cc1c[nH]c2ccccc12)C(=O)O. The predicted octanol–water partition coefficient (Wildman–Crippen LogP) is -1.48. The molecule has 15 nitrogen and oxygen atoms in total. The monoisotopic (exact) mass is 560 g/mol. The molecule has 0 fully saturated rings. The van der Waals surface area contributed by atoms with Crippen molar-refractivity contribution in [3.05, 3.63) is 36.0 Å². The zero-order valence-corrected chi connectivity index (χ0v) is 22.1. The Bertz CT molecular complexity index is 1240. The van der Waals surface area contributed by atoms with Crippen LogP contribution in [0.4, 0.5) is 0 Å². The van der Waals surface area contributed by atoms with Crippen LogP contribution in [0.2, 0.25) is 0 Å². The Balaban J connectivity index is 2.19. The summed E-state index contributed by atoms with van der Waals surface area (Å²) in [6.07, 6.45) is 1.13. The largest absolute Gasteiger partial charge is 0.481 e. The number of nitrogens with two attached hydrogens (primary N) is 3. The molecule has 0 aliphatic carbocycles. The van der Waals surface area contributed by atoms with E-state index in [4.69, 9.17) is 22.3 Å². The van der Waals surface area contributed by atoms with E-state index in [0.29, 0.717) is 5.56 Å². The number of nitrogens with zero attached hydrogens (tertiary/aromatic N) is 1. The lowest BCUT2D eigenvalue weighted by Crippen LogP contribution is -2.57. The van der Waals surface area contributed by atoms with Gasteiger partial charge in [0.05, 0.1) is 6.04 Å². The highest BCUT2D eigenvalue weighted by Gasteiger charge is 2.30. The first-order chi connectivity index (χ1) is 18.9. The highest BCUT2D eigenvalue weighted by molar-refractivity contribution is 5.94. The summed E-state index contributed by atoms with van der Waals surface area (Å²) in [5, 5.41) is 27.0. The van der Waals surface area contributed by atoms with Gasteiger partial charge in [0.25, 0.3) is 0 Å². The van der Waals surface area contributed by atoms with Crippen LogP contribution in [-0.4, -0.2) is 81.5 Å². The number of benzene rings is 1. The molecule has 1 aromatic heterocycles. The minimum Gasteiger partial charge on any atom is -0.481 e. The summed E-state index contributed by atoms with van der Waals surface area (Å²) in [4.78, 5) is 68.5. The Morgan fingerprint density at radius 2 is 1.52 bits per heavy atom. The maximum Gasteiger partial charge on any atom is 0.326 e. The molecule has 3 amide bonds. The Morgan fingerprint density at radius 1 is 0.925 bits per heavy atom. The number of carboxylic acids is 2. The van der Waals surface area contributed by atoms with Crippen molar-refractivity contribution in [3.8, 4) is 0 Å². The number of aromatic nitrogens is 1. The van der Waals surface area contributed by atoms with E-state index in [9.17, 15) is 29.1 Å². The number of amides is 3. The maximum atomic E-state index is 13.1. The topological polar surface area (TPSA) is 268 Å². The zero-order chi connectivity index (χ0) is 29.8. The standard InChI is InChI=1S/C25H36N8O7/c1-13(26)21(36)31-17(7-4-10-29-25(27)28)22(37)32-18(8-9-20(34)35)23(38)33-19(24(39)40)11-14-12-30-16-6-3-2-5-15(14)16/h2-3,5-6,12-13,17-19,30H,4,7-11,26H2,1H3,(H,31,36)(H,32,37)(H,33,38)(H,34,35)(H,39,40)(H4,27,28,29). The molecule has 4 unspecified atom stereocenters. The van der Waals surface area contributed by atoms with E-state index in [0.717, 1.165) is 10.9 Å². The van der Waals surface area contributed by atoms with Crippen LogP contribution in [0.15, 0.2) is 35.5 Å². The van der Waals surface area contributed by atoms with E-state index in [-0.39, 0.29) is 38.2 Å². The normalized spacial score (nSPS) is 13.8. The van der Waals surface area contributed by atoms with Crippen molar-refractivity contribution < 1.29 is 34.2 Å². The first-order valence-electron chi connectivity index (χ1n) is 12.6. The Kier molecular flexibility index (Phi) is 11.9. The number of hydrogen-bond acceptors (Lipinski definition) is 7. The highest BCUT2D eigenvalue weighted by atomic mass is 16.4. The van der Waals surface area contributed by atoms with Crippen LogP contribution in [0.1, 0.15) is 38.2 Å². The number of nitrogens with one attached hydrogen (secondary N) is 4. The number of carbonyl (C=O) groups excluding carboxylic acids is 3. The van der Waals surface area contributed by atoms with Gasteiger partial charge in [-0.15, -0.1) is 0 Å². The summed E-state index contributed by atoms with van der Waals surface area (Å²) in [5.41, 5.74) is 17.6. The third-order valence-electron chi connectivity index (χ3n) is 5.99. The van der Waals surface area contributed by atoms with Gasteiger partial charge >= 0.3 is 11.9 Å². The molecule has 1 heterocycles. The second kappa shape index (κ2) is 15.1. The maximum absolute atomic E-state index is 13.1.